The molecule has 4 heteroatoms. The molecule has 0 saturated heterocycles. The number of hydrazine groups is 1. The van der Waals surface area contributed by atoms with Crippen LogP contribution in [0.2, 0.25) is 0 Å². The number of halogens is 1. The van der Waals surface area contributed by atoms with Gasteiger partial charge in [0.2, 0.25) is 0 Å². The van der Waals surface area contributed by atoms with E-state index in [2.05, 4.69) is 10.4 Å². The molecule has 3 N–H and O–H groups in total. The first kappa shape index (κ1) is 13.7. The summed E-state index contributed by atoms with van der Waals surface area (Å²) in [6.45, 7) is 1.88. The van der Waals surface area contributed by atoms with E-state index >= 15 is 0 Å². The molecule has 0 aliphatic rings. The molecule has 0 aliphatic carbocycles. The van der Waals surface area contributed by atoms with Gasteiger partial charge in [-0.3, -0.25) is 10.8 Å². The summed E-state index contributed by atoms with van der Waals surface area (Å²) >= 11 is 0. The Bertz CT molecular complexity index is 781. The number of nitrogens with two attached hydrogens (primary N) is 1. The van der Waals surface area contributed by atoms with Gasteiger partial charge in [-0.2, -0.15) is 0 Å². The fourth-order valence-electron chi connectivity index (χ4n) is 2.69. The second-order valence-corrected chi connectivity index (χ2v) is 5.02. The fourth-order valence-corrected chi connectivity index (χ4v) is 2.69. The average Bonchev–Trinajstić information content (AvgIpc) is 2.50. The van der Waals surface area contributed by atoms with E-state index in [9.17, 15) is 4.39 Å². The molecule has 21 heavy (non-hydrogen) atoms. The molecule has 106 valence electrons. The average molecular weight is 281 g/mol. The number of rotatable bonds is 3. The van der Waals surface area contributed by atoms with Gasteiger partial charge in [0.25, 0.3) is 0 Å². The van der Waals surface area contributed by atoms with Crippen LogP contribution in [0.1, 0.15) is 22.7 Å². The van der Waals surface area contributed by atoms with Gasteiger partial charge in [-0.05, 0) is 47.9 Å². The number of aromatic nitrogens is 1. The highest BCUT2D eigenvalue weighted by Gasteiger charge is 2.17. The molecular weight excluding hydrogens is 265 g/mol. The van der Waals surface area contributed by atoms with Crippen LogP contribution in [0.4, 0.5) is 4.39 Å². The van der Waals surface area contributed by atoms with E-state index in [-0.39, 0.29) is 11.9 Å². The lowest BCUT2D eigenvalue weighted by Crippen LogP contribution is -2.29. The fraction of sp³-hybridized carbons (Fsp3) is 0.118. The number of aryl methyl sites for hydroxylation is 1. The summed E-state index contributed by atoms with van der Waals surface area (Å²) in [5.41, 5.74) is 6.59. The van der Waals surface area contributed by atoms with E-state index in [1.54, 1.807) is 12.3 Å². The summed E-state index contributed by atoms with van der Waals surface area (Å²) < 4.78 is 13.3. The molecule has 2 aromatic carbocycles. The van der Waals surface area contributed by atoms with E-state index < -0.39 is 0 Å². The third kappa shape index (κ3) is 2.51. The minimum absolute atomic E-state index is 0.210. The summed E-state index contributed by atoms with van der Waals surface area (Å²) in [7, 11) is 0. The van der Waals surface area contributed by atoms with Crippen molar-refractivity contribution < 1.29 is 4.39 Å². The van der Waals surface area contributed by atoms with Gasteiger partial charge in [0.05, 0.1) is 11.6 Å². The summed E-state index contributed by atoms with van der Waals surface area (Å²) in [5.74, 6) is 5.53. The lowest BCUT2D eigenvalue weighted by molar-refractivity contribution is 0.613. The van der Waals surface area contributed by atoms with Crippen LogP contribution < -0.4 is 11.3 Å². The molecule has 3 nitrogen and oxygen atoms in total. The third-order valence-corrected chi connectivity index (χ3v) is 3.70. The zero-order valence-electron chi connectivity index (χ0n) is 11.7. The number of hydrogen-bond acceptors (Lipinski definition) is 3. The van der Waals surface area contributed by atoms with Crippen molar-refractivity contribution in [2.24, 2.45) is 5.84 Å². The molecule has 0 aliphatic heterocycles. The van der Waals surface area contributed by atoms with Crippen LogP contribution >= 0.6 is 0 Å². The van der Waals surface area contributed by atoms with Crippen LogP contribution in [-0.2, 0) is 0 Å². The summed E-state index contributed by atoms with van der Waals surface area (Å²) in [4.78, 5) is 4.36. The van der Waals surface area contributed by atoms with Gasteiger partial charge in [0.1, 0.15) is 5.82 Å². The molecule has 1 unspecified atom stereocenters. The quantitative estimate of drug-likeness (QED) is 0.572. The van der Waals surface area contributed by atoms with Crippen molar-refractivity contribution in [3.8, 4) is 0 Å². The van der Waals surface area contributed by atoms with Crippen molar-refractivity contribution in [1.82, 2.24) is 10.4 Å². The van der Waals surface area contributed by atoms with Gasteiger partial charge >= 0.3 is 0 Å². The van der Waals surface area contributed by atoms with Gasteiger partial charge in [0.15, 0.2) is 0 Å². The minimum Gasteiger partial charge on any atom is -0.271 e. The lowest BCUT2D eigenvalue weighted by atomic mass is 9.93. The Morgan fingerprint density at radius 2 is 1.95 bits per heavy atom. The number of benzene rings is 2. The molecule has 3 aromatic rings. The van der Waals surface area contributed by atoms with Crippen LogP contribution in [0.15, 0.2) is 54.7 Å². The van der Waals surface area contributed by atoms with Crippen molar-refractivity contribution in [2.75, 3.05) is 0 Å². The summed E-state index contributed by atoms with van der Waals surface area (Å²) in [5, 5.41) is 1.03. The normalized spacial score (nSPS) is 12.5. The number of pyridine rings is 1. The Labute approximate surface area is 122 Å². The van der Waals surface area contributed by atoms with Crippen LogP contribution in [0.5, 0.6) is 0 Å². The van der Waals surface area contributed by atoms with E-state index in [0.29, 0.717) is 0 Å². The second-order valence-electron chi connectivity index (χ2n) is 5.02. The zero-order valence-corrected chi connectivity index (χ0v) is 11.7. The topological polar surface area (TPSA) is 50.9 Å². The molecule has 0 amide bonds. The van der Waals surface area contributed by atoms with Crippen molar-refractivity contribution in [3.63, 3.8) is 0 Å². The predicted octanol–water partition coefficient (Wildman–Crippen LogP) is 3.24. The van der Waals surface area contributed by atoms with Crippen LogP contribution in [-0.4, -0.2) is 4.98 Å². The standard InChI is InChI=1S/C17H16FN3/c1-11-10-12(18)7-8-13(11)17(21-19)15-4-2-6-16-14(15)5-3-9-20-16/h2-10,17,21H,19H2,1H3. The van der Waals surface area contributed by atoms with E-state index in [0.717, 1.165) is 27.6 Å². The highest BCUT2D eigenvalue weighted by atomic mass is 19.1. The van der Waals surface area contributed by atoms with Gasteiger partial charge < -0.3 is 0 Å². The smallest absolute Gasteiger partial charge is 0.123 e. The second kappa shape index (κ2) is 5.60. The Kier molecular flexibility index (Phi) is 3.64. The van der Waals surface area contributed by atoms with E-state index in [1.165, 1.54) is 12.1 Å². The molecule has 1 heterocycles. The molecule has 0 bridgehead atoms. The van der Waals surface area contributed by atoms with Gasteiger partial charge in [-0.1, -0.05) is 24.3 Å². The van der Waals surface area contributed by atoms with Gasteiger partial charge in [-0.25, -0.2) is 9.82 Å². The highest BCUT2D eigenvalue weighted by molar-refractivity contribution is 5.83. The van der Waals surface area contributed by atoms with Gasteiger partial charge in [0, 0.05) is 11.6 Å². The van der Waals surface area contributed by atoms with Crippen LogP contribution in [0.3, 0.4) is 0 Å². The van der Waals surface area contributed by atoms with E-state index in [1.807, 2.05) is 37.3 Å². The first-order valence-electron chi connectivity index (χ1n) is 6.76. The molecule has 3 rings (SSSR count). The maximum absolute atomic E-state index is 13.3. The predicted molar refractivity (Wildman–Crippen MR) is 82.0 cm³/mol. The first-order chi connectivity index (χ1) is 10.2. The molecule has 0 spiro atoms. The van der Waals surface area contributed by atoms with Gasteiger partial charge in [-0.15, -0.1) is 0 Å². The highest BCUT2D eigenvalue weighted by Crippen LogP contribution is 2.29. The van der Waals surface area contributed by atoms with Crippen molar-refractivity contribution in [2.45, 2.75) is 13.0 Å². The molecule has 1 atom stereocenters. The van der Waals surface area contributed by atoms with E-state index in [4.69, 9.17) is 5.84 Å². The van der Waals surface area contributed by atoms with Crippen molar-refractivity contribution in [3.05, 3.63) is 77.2 Å². The van der Waals surface area contributed by atoms with Crippen molar-refractivity contribution >= 4 is 10.9 Å². The maximum Gasteiger partial charge on any atom is 0.123 e. The maximum atomic E-state index is 13.3. The Balaban J connectivity index is 2.18. The lowest BCUT2D eigenvalue weighted by Gasteiger charge is -2.20. The summed E-state index contributed by atoms with van der Waals surface area (Å²) in [6.07, 6.45) is 1.76. The van der Waals surface area contributed by atoms with Crippen molar-refractivity contribution in [1.29, 1.82) is 0 Å². The monoisotopic (exact) mass is 281 g/mol. The Hall–Kier alpha value is -2.30. The number of fused-ring (bicyclic) bond motifs is 1. The summed E-state index contributed by atoms with van der Waals surface area (Å²) in [6, 6.07) is 14.4. The van der Waals surface area contributed by atoms with Crippen LogP contribution in [0, 0.1) is 12.7 Å². The Morgan fingerprint density at radius 3 is 2.71 bits per heavy atom. The number of nitrogens with one attached hydrogen (secondary N) is 1. The molecule has 0 saturated carbocycles. The molecule has 0 fully saturated rings. The zero-order chi connectivity index (χ0) is 14.8. The molecule has 1 aromatic heterocycles. The largest absolute Gasteiger partial charge is 0.271 e. The SMILES string of the molecule is Cc1cc(F)ccc1C(NN)c1cccc2ncccc12. The van der Waals surface area contributed by atoms with Crippen LogP contribution in [0.25, 0.3) is 10.9 Å². The first-order valence-corrected chi connectivity index (χ1v) is 6.76. The molecule has 0 radical (unpaired) electrons. The number of hydrogen-bond donors (Lipinski definition) is 2. The molecular formula is C17H16FN3. The third-order valence-electron chi connectivity index (χ3n) is 3.70. The minimum atomic E-state index is -0.244. The number of nitrogens with zero attached hydrogens (tertiary/aromatic N) is 1. The Morgan fingerprint density at radius 1 is 1.10 bits per heavy atom.